The summed E-state index contributed by atoms with van der Waals surface area (Å²) in [5, 5.41) is 0. The lowest BCUT2D eigenvalue weighted by Gasteiger charge is -2.30. The number of nitrogens with zero attached hydrogens (tertiary/aromatic N) is 5. The molecule has 0 amide bonds. The predicted octanol–water partition coefficient (Wildman–Crippen LogP) is 1.24. The van der Waals surface area contributed by atoms with Crippen molar-refractivity contribution in [2.45, 2.75) is 25.8 Å². The first-order valence-electron chi connectivity index (χ1n) is 7.89. The summed E-state index contributed by atoms with van der Waals surface area (Å²) in [6.07, 6.45) is 5.03. The van der Waals surface area contributed by atoms with Crippen molar-refractivity contribution in [3.05, 3.63) is 35.0 Å². The van der Waals surface area contributed by atoms with E-state index < -0.39 is 0 Å². The van der Waals surface area contributed by atoms with E-state index in [1.54, 1.807) is 23.9 Å². The first-order chi connectivity index (χ1) is 11.2. The molecule has 3 heterocycles. The molecule has 122 valence electrons. The molecule has 7 heteroatoms. The minimum absolute atomic E-state index is 0.0939. The Morgan fingerprint density at radius 2 is 2.22 bits per heavy atom. The first-order valence-corrected chi connectivity index (χ1v) is 7.89. The Bertz CT molecular complexity index is 716. The highest BCUT2D eigenvalue weighted by atomic mass is 16.5. The molecular formula is C16H21N5O2. The lowest BCUT2D eigenvalue weighted by molar-refractivity contribution is 0.150. The third-order valence-corrected chi connectivity index (χ3v) is 4.20. The van der Waals surface area contributed by atoms with Crippen LogP contribution in [-0.4, -0.2) is 45.3 Å². The zero-order valence-electron chi connectivity index (χ0n) is 13.5. The van der Waals surface area contributed by atoms with Gasteiger partial charge in [-0.1, -0.05) is 6.92 Å². The molecule has 0 spiro atoms. The molecule has 1 aliphatic rings. The molecule has 1 atom stereocenters. The van der Waals surface area contributed by atoms with Gasteiger partial charge in [-0.25, -0.2) is 15.0 Å². The van der Waals surface area contributed by atoms with Gasteiger partial charge in [-0.2, -0.15) is 0 Å². The number of hydrogen-bond acceptors (Lipinski definition) is 6. The van der Waals surface area contributed by atoms with E-state index in [-0.39, 0.29) is 5.56 Å². The van der Waals surface area contributed by atoms with Crippen molar-refractivity contribution in [2.24, 2.45) is 7.05 Å². The zero-order valence-corrected chi connectivity index (χ0v) is 13.5. The Balaban J connectivity index is 2.07. The Morgan fingerprint density at radius 3 is 2.96 bits per heavy atom. The molecule has 2 aromatic rings. The molecule has 0 aliphatic carbocycles. The average Bonchev–Trinajstić information content (AvgIpc) is 2.83. The number of hydrogen-bond donors (Lipinski definition) is 0. The van der Waals surface area contributed by atoms with Crippen LogP contribution in [0, 0.1) is 0 Å². The van der Waals surface area contributed by atoms with Gasteiger partial charge in [0.2, 0.25) is 5.95 Å². The monoisotopic (exact) mass is 315 g/mol. The summed E-state index contributed by atoms with van der Waals surface area (Å²) in [5.41, 5.74) is 1.13. The van der Waals surface area contributed by atoms with Gasteiger partial charge >= 0.3 is 0 Å². The average molecular weight is 315 g/mol. The summed E-state index contributed by atoms with van der Waals surface area (Å²) in [4.78, 5) is 27.4. The van der Waals surface area contributed by atoms with Crippen LogP contribution in [0.15, 0.2) is 29.5 Å². The first kappa shape index (κ1) is 15.6. The van der Waals surface area contributed by atoms with Crippen LogP contribution in [0.3, 0.4) is 0 Å². The molecular weight excluding hydrogens is 294 g/mol. The van der Waals surface area contributed by atoms with E-state index in [2.05, 4.69) is 21.8 Å². The van der Waals surface area contributed by atoms with Gasteiger partial charge in [0.15, 0.2) is 0 Å². The molecule has 2 aromatic heterocycles. The van der Waals surface area contributed by atoms with Crippen LogP contribution >= 0.6 is 0 Å². The molecule has 0 N–H and O–H groups in total. The molecule has 1 saturated heterocycles. The van der Waals surface area contributed by atoms with Crippen molar-refractivity contribution in [2.75, 3.05) is 24.7 Å². The fourth-order valence-electron chi connectivity index (χ4n) is 2.87. The van der Waals surface area contributed by atoms with Gasteiger partial charge in [-0.15, -0.1) is 0 Å². The van der Waals surface area contributed by atoms with Crippen molar-refractivity contribution >= 4 is 5.95 Å². The second-order valence-corrected chi connectivity index (χ2v) is 5.59. The minimum atomic E-state index is -0.0939. The molecule has 3 rings (SSSR count). The highest BCUT2D eigenvalue weighted by molar-refractivity contribution is 5.55. The van der Waals surface area contributed by atoms with Crippen molar-refractivity contribution in [3.8, 4) is 11.4 Å². The van der Waals surface area contributed by atoms with E-state index in [0.717, 1.165) is 26.0 Å². The van der Waals surface area contributed by atoms with Gasteiger partial charge in [0.05, 0.1) is 18.0 Å². The molecule has 23 heavy (non-hydrogen) atoms. The third-order valence-electron chi connectivity index (χ3n) is 4.20. The van der Waals surface area contributed by atoms with Crippen molar-refractivity contribution in [1.82, 2.24) is 19.5 Å². The maximum absolute atomic E-state index is 12.4. The summed E-state index contributed by atoms with van der Waals surface area (Å²) in [5.74, 6) is 0.670. The number of ether oxygens (including phenoxy) is 1. The van der Waals surface area contributed by atoms with Crippen LogP contribution in [-0.2, 0) is 11.8 Å². The molecule has 0 bridgehead atoms. The quantitative estimate of drug-likeness (QED) is 0.848. The van der Waals surface area contributed by atoms with Crippen LogP contribution in [0.2, 0.25) is 0 Å². The summed E-state index contributed by atoms with van der Waals surface area (Å²) >= 11 is 0. The van der Waals surface area contributed by atoms with Crippen molar-refractivity contribution in [3.63, 3.8) is 0 Å². The van der Waals surface area contributed by atoms with Crippen molar-refractivity contribution in [1.29, 1.82) is 0 Å². The third kappa shape index (κ3) is 3.24. The van der Waals surface area contributed by atoms with Crippen LogP contribution in [0.4, 0.5) is 5.95 Å². The number of aromatic nitrogens is 4. The van der Waals surface area contributed by atoms with Gasteiger partial charge in [-0.3, -0.25) is 9.36 Å². The zero-order chi connectivity index (χ0) is 16.2. The molecule has 0 aromatic carbocycles. The fraction of sp³-hybridized carbons (Fsp3) is 0.500. The van der Waals surface area contributed by atoms with Crippen LogP contribution in [0.25, 0.3) is 11.4 Å². The highest BCUT2D eigenvalue weighted by Crippen LogP contribution is 2.21. The van der Waals surface area contributed by atoms with E-state index in [1.165, 1.54) is 12.4 Å². The van der Waals surface area contributed by atoms with E-state index >= 15 is 0 Å². The predicted molar refractivity (Wildman–Crippen MR) is 87.4 cm³/mol. The Kier molecular flexibility index (Phi) is 4.66. The molecule has 1 aliphatic heterocycles. The van der Waals surface area contributed by atoms with Gasteiger partial charge in [0.1, 0.15) is 6.33 Å². The molecule has 7 nitrogen and oxygen atoms in total. The largest absolute Gasteiger partial charge is 0.380 e. The standard InChI is InChI=1S/C16H21N5O2/c1-3-12-5-8-23-9-7-21(12)16-19-14(10-15(22)20(16)2)13-4-6-17-11-18-13/h4,6,10-12H,3,5,7-9H2,1-2H3. The maximum Gasteiger partial charge on any atom is 0.255 e. The molecule has 1 unspecified atom stereocenters. The van der Waals surface area contributed by atoms with Gasteiger partial charge in [0, 0.05) is 38.5 Å². The van der Waals surface area contributed by atoms with E-state index in [9.17, 15) is 4.79 Å². The van der Waals surface area contributed by atoms with Crippen molar-refractivity contribution < 1.29 is 4.74 Å². The number of rotatable bonds is 3. The lowest BCUT2D eigenvalue weighted by atomic mass is 10.1. The lowest BCUT2D eigenvalue weighted by Crippen LogP contribution is -2.40. The second kappa shape index (κ2) is 6.87. The maximum atomic E-state index is 12.4. The van der Waals surface area contributed by atoms with E-state index in [1.807, 2.05) is 0 Å². The Labute approximate surface area is 135 Å². The Hall–Kier alpha value is -2.28. The molecule has 0 radical (unpaired) electrons. The van der Waals surface area contributed by atoms with Gasteiger partial charge < -0.3 is 9.64 Å². The van der Waals surface area contributed by atoms with Crippen LogP contribution in [0.1, 0.15) is 19.8 Å². The highest BCUT2D eigenvalue weighted by Gasteiger charge is 2.24. The van der Waals surface area contributed by atoms with E-state index in [0.29, 0.717) is 30.0 Å². The van der Waals surface area contributed by atoms with Crippen LogP contribution in [0.5, 0.6) is 0 Å². The summed E-state index contributed by atoms with van der Waals surface area (Å²) < 4.78 is 7.18. The summed E-state index contributed by atoms with van der Waals surface area (Å²) in [6.45, 7) is 4.26. The topological polar surface area (TPSA) is 73.1 Å². The van der Waals surface area contributed by atoms with Crippen LogP contribution < -0.4 is 10.5 Å². The van der Waals surface area contributed by atoms with Gasteiger partial charge in [-0.05, 0) is 18.9 Å². The minimum Gasteiger partial charge on any atom is -0.380 e. The fourth-order valence-corrected chi connectivity index (χ4v) is 2.87. The Morgan fingerprint density at radius 1 is 1.35 bits per heavy atom. The SMILES string of the molecule is CCC1CCOCCN1c1nc(-c2ccncn2)cc(=O)n1C. The molecule has 1 fully saturated rings. The van der Waals surface area contributed by atoms with E-state index in [4.69, 9.17) is 9.72 Å². The second-order valence-electron chi connectivity index (χ2n) is 5.59. The number of anilines is 1. The summed E-state index contributed by atoms with van der Waals surface area (Å²) in [6, 6.07) is 3.59. The molecule has 0 saturated carbocycles. The smallest absolute Gasteiger partial charge is 0.255 e. The normalized spacial score (nSPS) is 18.7. The summed E-state index contributed by atoms with van der Waals surface area (Å²) in [7, 11) is 1.76. The van der Waals surface area contributed by atoms with Gasteiger partial charge in [0.25, 0.3) is 5.56 Å².